The van der Waals surface area contributed by atoms with E-state index in [9.17, 15) is 32.5 Å². The van der Waals surface area contributed by atoms with Gasteiger partial charge in [-0.3, -0.25) is 14.9 Å². The number of halogens is 4. The maximum absolute atomic E-state index is 13.4. The summed E-state index contributed by atoms with van der Waals surface area (Å²) in [4.78, 5) is 22.8. The van der Waals surface area contributed by atoms with E-state index in [4.69, 9.17) is 0 Å². The zero-order chi connectivity index (χ0) is 19.1. The molecule has 0 spiro atoms. The number of fused-ring (bicyclic) bond motifs is 1. The van der Waals surface area contributed by atoms with Gasteiger partial charge < -0.3 is 4.74 Å². The summed E-state index contributed by atoms with van der Waals surface area (Å²) in [6.45, 7) is -1.71. The number of non-ortho nitro benzene ring substituents is 1. The van der Waals surface area contributed by atoms with E-state index in [1.807, 2.05) is 0 Å². The molecular weight excluding hydrogens is 380 g/mol. The van der Waals surface area contributed by atoms with Crippen molar-refractivity contribution in [2.75, 3.05) is 6.61 Å². The molecule has 0 saturated heterocycles. The summed E-state index contributed by atoms with van der Waals surface area (Å²) >= 11 is 0.737. The molecular formula is C15H8F4N2O4S. The van der Waals surface area contributed by atoms with Crippen LogP contribution in [0.4, 0.5) is 23.2 Å². The fourth-order valence-electron chi connectivity index (χ4n) is 2.25. The van der Waals surface area contributed by atoms with Crippen molar-refractivity contribution in [1.82, 2.24) is 3.96 Å². The molecule has 0 atom stereocenters. The first-order chi connectivity index (χ1) is 12.2. The van der Waals surface area contributed by atoms with Crippen LogP contribution in [0.5, 0.6) is 5.75 Å². The minimum absolute atomic E-state index is 0.0469. The average Bonchev–Trinajstić information content (AvgIpc) is 2.89. The predicted octanol–water partition coefficient (Wildman–Crippen LogP) is 4.04. The number of hydrogen-bond acceptors (Lipinski definition) is 5. The number of ether oxygens (including phenoxy) is 1. The van der Waals surface area contributed by atoms with E-state index < -0.39 is 40.5 Å². The van der Waals surface area contributed by atoms with Crippen LogP contribution in [0.25, 0.3) is 15.8 Å². The maximum atomic E-state index is 13.4. The van der Waals surface area contributed by atoms with Gasteiger partial charge in [-0.25, -0.2) is 8.35 Å². The molecule has 0 radical (unpaired) electrons. The number of aromatic nitrogens is 1. The molecule has 0 unspecified atom stereocenters. The molecule has 0 aliphatic rings. The third-order valence-electron chi connectivity index (χ3n) is 3.28. The van der Waals surface area contributed by atoms with Crippen molar-refractivity contribution in [1.29, 1.82) is 0 Å². The third kappa shape index (κ3) is 3.52. The van der Waals surface area contributed by atoms with Crippen LogP contribution in [-0.4, -0.2) is 21.7 Å². The van der Waals surface area contributed by atoms with E-state index in [1.165, 1.54) is 12.1 Å². The molecule has 0 fully saturated rings. The molecule has 0 aliphatic carbocycles. The van der Waals surface area contributed by atoms with Gasteiger partial charge in [0.2, 0.25) is 0 Å². The highest BCUT2D eigenvalue weighted by atomic mass is 32.1. The molecule has 3 rings (SSSR count). The van der Waals surface area contributed by atoms with E-state index >= 15 is 0 Å². The molecule has 3 aromatic rings. The van der Waals surface area contributed by atoms with Crippen LogP contribution in [0.15, 0.2) is 41.2 Å². The van der Waals surface area contributed by atoms with Crippen LogP contribution in [0.1, 0.15) is 0 Å². The van der Waals surface area contributed by atoms with Crippen LogP contribution >= 0.6 is 11.5 Å². The fraction of sp³-hybridized carbons (Fsp3) is 0.133. The molecule has 26 heavy (non-hydrogen) atoms. The molecule has 2 aromatic carbocycles. The smallest absolute Gasteiger partial charge is 0.422 e. The van der Waals surface area contributed by atoms with Crippen molar-refractivity contribution in [3.8, 4) is 11.4 Å². The monoisotopic (exact) mass is 388 g/mol. The molecule has 0 N–H and O–H groups in total. The first-order valence-corrected chi connectivity index (χ1v) is 7.73. The Morgan fingerprint density at radius 1 is 1.23 bits per heavy atom. The lowest BCUT2D eigenvalue weighted by molar-refractivity contribution is -0.384. The Balaban J connectivity index is 2.21. The lowest BCUT2D eigenvalue weighted by atomic mass is 10.2. The first kappa shape index (κ1) is 17.9. The number of hydrogen-bond donors (Lipinski definition) is 0. The van der Waals surface area contributed by atoms with Crippen molar-refractivity contribution in [3.05, 3.63) is 62.7 Å². The summed E-state index contributed by atoms with van der Waals surface area (Å²) in [5, 5.41) is 10.8. The number of rotatable bonds is 4. The van der Waals surface area contributed by atoms with Crippen molar-refractivity contribution >= 4 is 27.3 Å². The van der Waals surface area contributed by atoms with Crippen molar-refractivity contribution in [3.63, 3.8) is 0 Å². The van der Waals surface area contributed by atoms with Crippen LogP contribution in [0, 0.1) is 15.9 Å². The van der Waals surface area contributed by atoms with Crippen LogP contribution in [0.2, 0.25) is 0 Å². The van der Waals surface area contributed by atoms with Gasteiger partial charge in [-0.15, -0.1) is 0 Å². The molecule has 1 aromatic heterocycles. The highest BCUT2D eigenvalue weighted by Crippen LogP contribution is 2.33. The number of nitro benzene ring substituents is 1. The summed E-state index contributed by atoms with van der Waals surface area (Å²) in [5.41, 5.74) is -1.15. The minimum atomic E-state index is -4.69. The van der Waals surface area contributed by atoms with Gasteiger partial charge >= 0.3 is 6.18 Å². The van der Waals surface area contributed by atoms with Crippen molar-refractivity contribution < 1.29 is 27.2 Å². The summed E-state index contributed by atoms with van der Waals surface area (Å²) in [7, 11) is 0. The van der Waals surface area contributed by atoms with E-state index in [1.54, 1.807) is 0 Å². The Morgan fingerprint density at radius 2 is 1.96 bits per heavy atom. The lowest BCUT2D eigenvalue weighted by Gasteiger charge is -2.09. The molecule has 11 heteroatoms. The van der Waals surface area contributed by atoms with Gasteiger partial charge in [0.15, 0.2) is 6.61 Å². The van der Waals surface area contributed by atoms with E-state index in [0.717, 1.165) is 39.8 Å². The zero-order valence-electron chi connectivity index (χ0n) is 12.6. The average molecular weight is 388 g/mol. The van der Waals surface area contributed by atoms with Gasteiger partial charge in [-0.2, -0.15) is 13.2 Å². The Labute approximate surface area is 146 Å². The summed E-state index contributed by atoms with van der Waals surface area (Å²) < 4.78 is 56.4. The van der Waals surface area contributed by atoms with Crippen molar-refractivity contribution in [2.45, 2.75) is 6.18 Å². The van der Waals surface area contributed by atoms with Gasteiger partial charge in [0.1, 0.15) is 17.0 Å². The highest BCUT2D eigenvalue weighted by molar-refractivity contribution is 7.14. The van der Waals surface area contributed by atoms with Crippen LogP contribution < -0.4 is 10.3 Å². The Hall–Kier alpha value is -2.95. The molecule has 0 aliphatic heterocycles. The molecule has 6 nitrogen and oxygen atoms in total. The summed E-state index contributed by atoms with van der Waals surface area (Å²) in [6, 6.07) is 6.80. The Morgan fingerprint density at radius 3 is 2.58 bits per heavy atom. The predicted molar refractivity (Wildman–Crippen MR) is 85.6 cm³/mol. The molecule has 1 heterocycles. The quantitative estimate of drug-likeness (QED) is 0.384. The number of benzene rings is 2. The largest absolute Gasteiger partial charge is 0.483 e. The minimum Gasteiger partial charge on any atom is -0.483 e. The maximum Gasteiger partial charge on any atom is 0.422 e. The molecule has 136 valence electrons. The Kier molecular flexibility index (Phi) is 4.40. The van der Waals surface area contributed by atoms with Gasteiger partial charge in [0.05, 0.1) is 21.4 Å². The molecule has 0 amide bonds. The van der Waals surface area contributed by atoms with Gasteiger partial charge in [-0.1, -0.05) is 17.6 Å². The SMILES string of the molecule is O=c1c2c(OCC(F)(F)F)cc([N+](=O)[O-])cc2sn1-c1cccc(F)c1. The second-order valence-electron chi connectivity index (χ2n) is 5.15. The van der Waals surface area contributed by atoms with E-state index in [-0.39, 0.29) is 15.8 Å². The van der Waals surface area contributed by atoms with Crippen molar-refractivity contribution in [2.24, 2.45) is 0 Å². The second kappa shape index (κ2) is 6.41. The fourth-order valence-corrected chi connectivity index (χ4v) is 3.29. The first-order valence-electron chi connectivity index (χ1n) is 6.96. The van der Waals surface area contributed by atoms with Gasteiger partial charge in [0.25, 0.3) is 11.2 Å². The van der Waals surface area contributed by atoms with Crippen LogP contribution in [-0.2, 0) is 0 Å². The molecule has 0 bridgehead atoms. The van der Waals surface area contributed by atoms with Gasteiger partial charge in [-0.05, 0) is 18.2 Å². The third-order valence-corrected chi connectivity index (χ3v) is 4.36. The number of nitro groups is 1. The number of nitrogens with zero attached hydrogens (tertiary/aromatic N) is 2. The Bertz CT molecular complexity index is 1060. The number of alkyl halides is 3. The zero-order valence-corrected chi connectivity index (χ0v) is 13.4. The summed E-state index contributed by atoms with van der Waals surface area (Å²) in [6.07, 6.45) is -4.69. The second-order valence-corrected chi connectivity index (χ2v) is 6.14. The summed E-state index contributed by atoms with van der Waals surface area (Å²) in [5.74, 6) is -1.17. The van der Waals surface area contributed by atoms with Gasteiger partial charge in [0, 0.05) is 6.07 Å². The van der Waals surface area contributed by atoms with E-state index in [2.05, 4.69) is 4.74 Å². The molecule has 0 saturated carbocycles. The van der Waals surface area contributed by atoms with Crippen LogP contribution in [0.3, 0.4) is 0 Å². The standard InChI is InChI=1S/C15H8F4N2O4S/c16-8-2-1-3-9(4-8)20-14(22)13-11(25-7-15(17,18)19)5-10(21(23)24)6-12(13)26-20/h1-6H,7H2. The normalized spacial score (nSPS) is 11.7. The topological polar surface area (TPSA) is 74.4 Å². The lowest BCUT2D eigenvalue weighted by Crippen LogP contribution is -2.20. The highest BCUT2D eigenvalue weighted by Gasteiger charge is 2.30. The van der Waals surface area contributed by atoms with E-state index in [0.29, 0.717) is 0 Å².